The summed E-state index contributed by atoms with van der Waals surface area (Å²) in [6, 6.07) is 6.88. The fraction of sp³-hybridized carbons (Fsp3) is 0.438. The Morgan fingerprint density at radius 3 is 2.96 bits per heavy atom. The summed E-state index contributed by atoms with van der Waals surface area (Å²) < 4.78 is 12.4. The zero-order valence-electron chi connectivity index (χ0n) is 13.4. The van der Waals surface area contributed by atoms with E-state index < -0.39 is 0 Å². The van der Waals surface area contributed by atoms with E-state index in [4.69, 9.17) is 21.1 Å². The number of hydrogen-bond acceptors (Lipinski definition) is 6. The molecular weight excluding hydrogens is 332 g/mol. The van der Waals surface area contributed by atoms with Crippen molar-refractivity contribution in [3.8, 4) is 5.69 Å². The van der Waals surface area contributed by atoms with Crippen molar-refractivity contribution in [1.82, 2.24) is 19.9 Å². The molecule has 0 spiro atoms. The van der Waals surface area contributed by atoms with Gasteiger partial charge in [-0.25, -0.2) is 4.68 Å². The van der Waals surface area contributed by atoms with E-state index in [0.717, 1.165) is 18.8 Å². The van der Waals surface area contributed by atoms with Crippen LogP contribution in [0.15, 0.2) is 30.5 Å². The molecule has 1 atom stereocenters. The molecular formula is C16H19ClN4O3. The van der Waals surface area contributed by atoms with Crippen molar-refractivity contribution < 1.29 is 14.3 Å². The SMILES string of the molecule is CCN1CCOC[C@@H]1C(=O)OCc1cn(-c2ccc(Cl)cc2)nn1. The van der Waals surface area contributed by atoms with Gasteiger partial charge in [-0.3, -0.25) is 9.69 Å². The van der Waals surface area contributed by atoms with Gasteiger partial charge in [-0.1, -0.05) is 23.7 Å². The Balaban J connectivity index is 1.59. The molecule has 0 amide bonds. The highest BCUT2D eigenvalue weighted by molar-refractivity contribution is 6.30. The Morgan fingerprint density at radius 2 is 2.21 bits per heavy atom. The van der Waals surface area contributed by atoms with E-state index in [2.05, 4.69) is 15.2 Å². The second-order valence-corrected chi connectivity index (χ2v) is 5.89. The average molecular weight is 351 g/mol. The maximum atomic E-state index is 12.2. The molecule has 24 heavy (non-hydrogen) atoms. The van der Waals surface area contributed by atoms with E-state index >= 15 is 0 Å². The highest BCUT2D eigenvalue weighted by Gasteiger charge is 2.29. The molecule has 7 nitrogen and oxygen atoms in total. The summed E-state index contributed by atoms with van der Waals surface area (Å²) in [6.07, 6.45) is 1.73. The molecule has 1 aromatic heterocycles. The summed E-state index contributed by atoms with van der Waals surface area (Å²) in [6.45, 7) is 4.64. The summed E-state index contributed by atoms with van der Waals surface area (Å²) in [7, 11) is 0. The van der Waals surface area contributed by atoms with E-state index in [-0.39, 0.29) is 18.6 Å². The van der Waals surface area contributed by atoms with Crippen molar-refractivity contribution in [2.24, 2.45) is 0 Å². The van der Waals surface area contributed by atoms with Gasteiger partial charge in [-0.15, -0.1) is 5.10 Å². The number of aromatic nitrogens is 3. The number of morpholine rings is 1. The molecule has 0 bridgehead atoms. The van der Waals surface area contributed by atoms with E-state index in [0.29, 0.717) is 23.9 Å². The second kappa shape index (κ2) is 7.74. The van der Waals surface area contributed by atoms with Crippen molar-refractivity contribution in [3.05, 3.63) is 41.2 Å². The van der Waals surface area contributed by atoms with Crippen molar-refractivity contribution in [1.29, 1.82) is 0 Å². The van der Waals surface area contributed by atoms with E-state index in [1.807, 2.05) is 19.1 Å². The molecule has 1 fully saturated rings. The van der Waals surface area contributed by atoms with Gasteiger partial charge in [0.2, 0.25) is 0 Å². The van der Waals surface area contributed by atoms with Gasteiger partial charge in [-0.2, -0.15) is 0 Å². The largest absolute Gasteiger partial charge is 0.458 e. The second-order valence-electron chi connectivity index (χ2n) is 5.46. The van der Waals surface area contributed by atoms with Gasteiger partial charge in [0.1, 0.15) is 18.3 Å². The van der Waals surface area contributed by atoms with Crippen LogP contribution in [0.4, 0.5) is 0 Å². The third-order valence-corrected chi connectivity index (χ3v) is 4.16. The van der Waals surface area contributed by atoms with E-state index in [9.17, 15) is 4.79 Å². The fourth-order valence-electron chi connectivity index (χ4n) is 2.56. The Labute approximate surface area is 145 Å². The topological polar surface area (TPSA) is 69.5 Å². The van der Waals surface area contributed by atoms with Crippen LogP contribution in [-0.4, -0.2) is 58.2 Å². The lowest BCUT2D eigenvalue weighted by Crippen LogP contribution is -2.50. The fourth-order valence-corrected chi connectivity index (χ4v) is 2.69. The van der Waals surface area contributed by atoms with Gasteiger partial charge in [0, 0.05) is 11.6 Å². The molecule has 0 aliphatic carbocycles. The lowest BCUT2D eigenvalue weighted by atomic mass is 10.2. The number of benzene rings is 1. The number of halogens is 1. The van der Waals surface area contributed by atoms with Crippen LogP contribution < -0.4 is 0 Å². The number of hydrogen-bond donors (Lipinski definition) is 0. The third-order valence-electron chi connectivity index (χ3n) is 3.91. The monoisotopic (exact) mass is 350 g/mol. The maximum absolute atomic E-state index is 12.2. The highest BCUT2D eigenvalue weighted by Crippen LogP contribution is 2.13. The number of esters is 1. The summed E-state index contributed by atoms with van der Waals surface area (Å²) in [5, 5.41) is 8.72. The number of carbonyl (C=O) groups excluding carboxylic acids is 1. The molecule has 1 saturated heterocycles. The molecule has 3 rings (SSSR count). The van der Waals surface area contributed by atoms with Crippen LogP contribution in [0.3, 0.4) is 0 Å². The summed E-state index contributed by atoms with van der Waals surface area (Å²) in [4.78, 5) is 14.3. The smallest absolute Gasteiger partial charge is 0.326 e. The molecule has 128 valence electrons. The zero-order valence-corrected chi connectivity index (χ0v) is 14.1. The first-order valence-electron chi connectivity index (χ1n) is 7.83. The van der Waals surface area contributed by atoms with Crippen molar-refractivity contribution >= 4 is 17.6 Å². The van der Waals surface area contributed by atoms with Gasteiger partial charge in [0.15, 0.2) is 0 Å². The van der Waals surface area contributed by atoms with Crippen molar-refractivity contribution in [2.75, 3.05) is 26.3 Å². The summed E-state index contributed by atoms with van der Waals surface area (Å²) >= 11 is 5.87. The van der Waals surface area contributed by atoms with Crippen LogP contribution in [0.25, 0.3) is 5.69 Å². The molecule has 1 aliphatic rings. The Hall–Kier alpha value is -1.96. The van der Waals surface area contributed by atoms with Crippen LogP contribution in [0, 0.1) is 0 Å². The first-order valence-corrected chi connectivity index (χ1v) is 8.20. The quantitative estimate of drug-likeness (QED) is 0.764. The molecule has 0 saturated carbocycles. The number of nitrogens with zero attached hydrogens (tertiary/aromatic N) is 4. The van der Waals surface area contributed by atoms with E-state index in [1.54, 1.807) is 23.0 Å². The van der Waals surface area contributed by atoms with Crippen molar-refractivity contribution in [2.45, 2.75) is 19.6 Å². The standard InChI is InChI=1S/C16H19ClN4O3/c1-2-20-7-8-23-11-15(20)16(22)24-10-13-9-21(19-18-13)14-5-3-12(17)4-6-14/h3-6,9,15H,2,7-8,10-11H2,1H3/t15-/m1/s1. The van der Waals surface area contributed by atoms with Gasteiger partial charge in [-0.05, 0) is 30.8 Å². The summed E-state index contributed by atoms with van der Waals surface area (Å²) in [5.41, 5.74) is 1.42. The van der Waals surface area contributed by atoms with Crippen LogP contribution in [0.2, 0.25) is 5.02 Å². The Kier molecular flexibility index (Phi) is 5.44. The maximum Gasteiger partial charge on any atom is 0.326 e. The predicted molar refractivity (Wildman–Crippen MR) is 88.0 cm³/mol. The molecule has 0 radical (unpaired) electrons. The average Bonchev–Trinajstić information content (AvgIpc) is 3.09. The van der Waals surface area contributed by atoms with Crippen molar-refractivity contribution in [3.63, 3.8) is 0 Å². The summed E-state index contributed by atoms with van der Waals surface area (Å²) in [5.74, 6) is -0.294. The van der Waals surface area contributed by atoms with Gasteiger partial charge >= 0.3 is 5.97 Å². The molecule has 2 aromatic rings. The number of ether oxygens (including phenoxy) is 2. The number of rotatable bonds is 5. The molecule has 0 N–H and O–H groups in total. The molecule has 0 unspecified atom stereocenters. The minimum absolute atomic E-state index is 0.0838. The first kappa shape index (κ1) is 16.9. The van der Waals surface area contributed by atoms with Gasteiger partial charge in [0.05, 0.1) is 25.1 Å². The van der Waals surface area contributed by atoms with E-state index in [1.165, 1.54) is 0 Å². The first-order chi connectivity index (χ1) is 11.7. The number of likely N-dealkylation sites (N-methyl/N-ethyl adjacent to an activating group) is 1. The minimum Gasteiger partial charge on any atom is -0.458 e. The molecule has 2 heterocycles. The van der Waals surface area contributed by atoms with Crippen LogP contribution in [0.1, 0.15) is 12.6 Å². The van der Waals surface area contributed by atoms with Crippen LogP contribution >= 0.6 is 11.6 Å². The zero-order chi connectivity index (χ0) is 16.9. The normalized spacial score (nSPS) is 18.5. The Bertz CT molecular complexity index is 689. The van der Waals surface area contributed by atoms with Gasteiger partial charge in [0.25, 0.3) is 0 Å². The predicted octanol–water partition coefficient (Wildman–Crippen LogP) is 1.68. The molecule has 8 heteroatoms. The third kappa shape index (κ3) is 3.92. The minimum atomic E-state index is -0.352. The lowest BCUT2D eigenvalue weighted by Gasteiger charge is -2.32. The molecule has 1 aliphatic heterocycles. The van der Waals surface area contributed by atoms with Gasteiger partial charge < -0.3 is 9.47 Å². The highest BCUT2D eigenvalue weighted by atomic mass is 35.5. The number of carbonyl (C=O) groups is 1. The Morgan fingerprint density at radius 1 is 1.42 bits per heavy atom. The lowest BCUT2D eigenvalue weighted by molar-refractivity contribution is -0.157. The molecule has 1 aromatic carbocycles. The van der Waals surface area contributed by atoms with Crippen LogP contribution in [-0.2, 0) is 20.9 Å². The van der Waals surface area contributed by atoms with Crippen LogP contribution in [0.5, 0.6) is 0 Å².